The molecule has 1 aromatic heterocycles. The zero-order valence-electron chi connectivity index (χ0n) is 10.2. The predicted molar refractivity (Wildman–Crippen MR) is 62.8 cm³/mol. The van der Waals surface area contributed by atoms with Crippen LogP contribution in [0.5, 0.6) is 0 Å². The van der Waals surface area contributed by atoms with Crippen LogP contribution < -0.4 is 10.6 Å². The lowest BCUT2D eigenvalue weighted by Gasteiger charge is -2.14. The molecule has 0 saturated carbocycles. The topological polar surface area (TPSA) is 104 Å². The first kappa shape index (κ1) is 14.0. The second-order valence-electron chi connectivity index (χ2n) is 3.85. The number of nitrogens with one attached hydrogen (secondary N) is 2. The fraction of sp³-hybridized carbons (Fsp3) is 0.545. The van der Waals surface area contributed by atoms with Crippen molar-refractivity contribution in [1.29, 1.82) is 0 Å². The van der Waals surface area contributed by atoms with Gasteiger partial charge in [0.15, 0.2) is 0 Å². The van der Waals surface area contributed by atoms with Gasteiger partial charge in [0.1, 0.15) is 18.0 Å². The van der Waals surface area contributed by atoms with E-state index in [9.17, 15) is 9.59 Å². The minimum absolute atomic E-state index is 0.197. The third-order valence-corrected chi connectivity index (χ3v) is 2.37. The van der Waals surface area contributed by atoms with E-state index in [0.717, 1.165) is 12.8 Å². The number of amides is 2. The van der Waals surface area contributed by atoms with E-state index in [1.54, 1.807) is 6.07 Å². The van der Waals surface area contributed by atoms with Gasteiger partial charge in [-0.05, 0) is 6.42 Å². The van der Waals surface area contributed by atoms with Crippen LogP contribution in [0.3, 0.4) is 0 Å². The van der Waals surface area contributed by atoms with Gasteiger partial charge in [-0.1, -0.05) is 24.9 Å². The maximum absolute atomic E-state index is 11.5. The number of carbonyl (C=O) groups is 2. The highest BCUT2D eigenvalue weighted by atomic mass is 16.5. The minimum atomic E-state index is -1.03. The number of hydrogen-bond acceptors (Lipinski definition) is 4. The summed E-state index contributed by atoms with van der Waals surface area (Å²) >= 11 is 0. The lowest BCUT2D eigenvalue weighted by atomic mass is 10.1. The molecule has 0 aromatic carbocycles. The van der Waals surface area contributed by atoms with Crippen molar-refractivity contribution in [1.82, 2.24) is 15.8 Å². The normalized spacial score (nSPS) is 11.8. The number of hydrogen-bond donors (Lipinski definition) is 3. The van der Waals surface area contributed by atoms with Gasteiger partial charge in [0.25, 0.3) is 0 Å². The third kappa shape index (κ3) is 4.86. The summed E-state index contributed by atoms with van der Waals surface area (Å²) in [5.74, 6) is -1.03. The first-order chi connectivity index (χ1) is 8.63. The Balaban J connectivity index is 2.34. The minimum Gasteiger partial charge on any atom is -0.480 e. The Labute approximate surface area is 105 Å². The second-order valence-corrected chi connectivity index (χ2v) is 3.85. The molecule has 3 N–H and O–H groups in total. The first-order valence-corrected chi connectivity index (χ1v) is 5.80. The van der Waals surface area contributed by atoms with Crippen molar-refractivity contribution >= 4 is 12.0 Å². The lowest BCUT2D eigenvalue weighted by Crippen LogP contribution is -2.45. The molecule has 7 nitrogen and oxygen atoms in total. The van der Waals surface area contributed by atoms with Crippen LogP contribution >= 0.6 is 0 Å². The second kappa shape index (κ2) is 7.31. The third-order valence-electron chi connectivity index (χ3n) is 2.37. The number of unbranched alkanes of at least 4 members (excludes halogenated alkanes) is 1. The molecule has 0 saturated heterocycles. The van der Waals surface area contributed by atoms with Crippen molar-refractivity contribution in [3.63, 3.8) is 0 Å². The molecule has 0 bridgehead atoms. The Morgan fingerprint density at radius 2 is 2.33 bits per heavy atom. The number of aliphatic carboxylic acids is 1. The average Bonchev–Trinajstić information content (AvgIpc) is 2.84. The maximum Gasteiger partial charge on any atom is 0.326 e. The quantitative estimate of drug-likeness (QED) is 0.677. The van der Waals surface area contributed by atoms with E-state index in [0.29, 0.717) is 12.1 Å². The molecule has 100 valence electrons. The van der Waals surface area contributed by atoms with Crippen molar-refractivity contribution in [2.24, 2.45) is 0 Å². The largest absolute Gasteiger partial charge is 0.480 e. The number of carboxylic acid groups (broad SMARTS) is 1. The summed E-state index contributed by atoms with van der Waals surface area (Å²) in [6.45, 7) is 2.16. The number of carbonyl (C=O) groups excluding carboxylic acids is 1. The molecule has 0 fully saturated rings. The molecular weight excluding hydrogens is 238 g/mol. The molecule has 1 unspecified atom stereocenters. The van der Waals surface area contributed by atoms with E-state index in [4.69, 9.17) is 5.11 Å². The molecule has 0 spiro atoms. The van der Waals surface area contributed by atoms with Gasteiger partial charge >= 0.3 is 12.0 Å². The van der Waals surface area contributed by atoms with Crippen LogP contribution in [0.15, 0.2) is 16.9 Å². The predicted octanol–water partition coefficient (Wildman–Crippen LogP) is 1.12. The summed E-state index contributed by atoms with van der Waals surface area (Å²) in [6, 6.07) is 0.232. The Hall–Kier alpha value is -2.05. The number of aromatic nitrogens is 1. The molecule has 2 amide bonds. The van der Waals surface area contributed by atoms with Gasteiger partial charge in [-0.3, -0.25) is 0 Å². The Morgan fingerprint density at radius 1 is 1.56 bits per heavy atom. The summed E-state index contributed by atoms with van der Waals surface area (Å²) < 4.78 is 4.60. The molecule has 1 heterocycles. The van der Waals surface area contributed by atoms with Crippen LogP contribution in [-0.4, -0.2) is 28.3 Å². The number of nitrogens with zero attached hydrogens (tertiary/aromatic N) is 1. The average molecular weight is 255 g/mol. The summed E-state index contributed by atoms with van der Waals surface area (Å²) in [7, 11) is 0. The summed E-state index contributed by atoms with van der Waals surface area (Å²) in [4.78, 5) is 22.4. The van der Waals surface area contributed by atoms with Crippen LogP contribution in [0.4, 0.5) is 4.79 Å². The lowest BCUT2D eigenvalue weighted by molar-refractivity contribution is -0.139. The van der Waals surface area contributed by atoms with Crippen LogP contribution in [0.2, 0.25) is 0 Å². The van der Waals surface area contributed by atoms with E-state index in [1.165, 1.54) is 6.26 Å². The smallest absolute Gasteiger partial charge is 0.326 e. The molecule has 1 atom stereocenters. The van der Waals surface area contributed by atoms with Gasteiger partial charge in [-0.25, -0.2) is 9.59 Å². The van der Waals surface area contributed by atoms with Crippen LogP contribution in [0.1, 0.15) is 31.9 Å². The van der Waals surface area contributed by atoms with Crippen molar-refractivity contribution in [2.45, 2.75) is 38.8 Å². The number of rotatable bonds is 7. The highest BCUT2D eigenvalue weighted by molar-refractivity contribution is 5.82. The van der Waals surface area contributed by atoms with Crippen LogP contribution in [0, 0.1) is 0 Å². The molecule has 18 heavy (non-hydrogen) atoms. The van der Waals surface area contributed by atoms with E-state index in [1.807, 2.05) is 6.92 Å². The molecule has 0 aliphatic heterocycles. The van der Waals surface area contributed by atoms with E-state index in [2.05, 4.69) is 20.3 Å². The van der Waals surface area contributed by atoms with Crippen molar-refractivity contribution < 1.29 is 19.2 Å². The van der Waals surface area contributed by atoms with Gasteiger partial charge in [-0.2, -0.15) is 0 Å². The van der Waals surface area contributed by atoms with Gasteiger partial charge in [0.2, 0.25) is 0 Å². The van der Waals surface area contributed by atoms with Crippen LogP contribution in [-0.2, 0) is 11.3 Å². The molecule has 0 aliphatic rings. The van der Waals surface area contributed by atoms with Crippen LogP contribution in [0.25, 0.3) is 0 Å². The monoisotopic (exact) mass is 255 g/mol. The maximum atomic E-state index is 11.5. The highest BCUT2D eigenvalue weighted by Gasteiger charge is 2.18. The van der Waals surface area contributed by atoms with Crippen molar-refractivity contribution in [3.05, 3.63) is 18.0 Å². The fourth-order valence-corrected chi connectivity index (χ4v) is 1.37. The highest BCUT2D eigenvalue weighted by Crippen LogP contribution is 2.01. The summed E-state index contributed by atoms with van der Waals surface area (Å²) in [5.41, 5.74) is 0.575. The Bertz CT molecular complexity index is 378. The van der Waals surface area contributed by atoms with Crippen molar-refractivity contribution in [2.75, 3.05) is 0 Å². The van der Waals surface area contributed by atoms with Gasteiger partial charge in [0.05, 0.1) is 6.54 Å². The Morgan fingerprint density at radius 3 is 2.89 bits per heavy atom. The number of urea groups is 1. The van der Waals surface area contributed by atoms with Gasteiger partial charge in [0, 0.05) is 6.07 Å². The molecule has 1 aromatic rings. The van der Waals surface area contributed by atoms with Gasteiger partial charge < -0.3 is 20.3 Å². The molecule has 7 heteroatoms. The molecule has 1 rings (SSSR count). The van der Waals surface area contributed by atoms with E-state index >= 15 is 0 Å². The zero-order valence-corrected chi connectivity index (χ0v) is 10.2. The summed E-state index contributed by atoms with van der Waals surface area (Å²) in [6.07, 6.45) is 3.45. The fourth-order valence-electron chi connectivity index (χ4n) is 1.37. The SMILES string of the molecule is CCCCC(NC(=O)NCc1ccon1)C(=O)O. The van der Waals surface area contributed by atoms with Crippen molar-refractivity contribution in [3.8, 4) is 0 Å². The van der Waals surface area contributed by atoms with E-state index in [-0.39, 0.29) is 6.54 Å². The molecular formula is C11H17N3O4. The standard InChI is InChI=1S/C11H17N3O4/c1-2-3-4-9(10(15)16)13-11(17)12-7-8-5-6-18-14-8/h5-6,9H,2-4,7H2,1H3,(H,15,16)(H2,12,13,17). The zero-order chi connectivity index (χ0) is 13.4. The van der Waals surface area contributed by atoms with E-state index < -0.39 is 18.0 Å². The first-order valence-electron chi connectivity index (χ1n) is 5.80. The molecule has 0 aliphatic carbocycles. The number of carboxylic acids is 1. The summed E-state index contributed by atoms with van der Waals surface area (Å²) in [5, 5.41) is 17.5. The molecule has 0 radical (unpaired) electrons. The Kier molecular flexibility index (Phi) is 5.69. The van der Waals surface area contributed by atoms with Gasteiger partial charge in [-0.15, -0.1) is 0 Å².